The highest BCUT2D eigenvalue weighted by Gasteiger charge is 2.43. The predicted molar refractivity (Wildman–Crippen MR) is 102 cm³/mol. The SMILES string of the molecule is OCCNc1nc(Nc2cccc(OC(F)(F)C(F)F)c2)ncc1-c1ccncc1. The molecule has 7 nitrogen and oxygen atoms in total. The summed E-state index contributed by atoms with van der Waals surface area (Å²) < 4.78 is 55.0. The maximum atomic E-state index is 13.1. The van der Waals surface area contributed by atoms with E-state index < -0.39 is 18.3 Å². The van der Waals surface area contributed by atoms with Gasteiger partial charge in [-0.25, -0.2) is 4.98 Å². The van der Waals surface area contributed by atoms with E-state index in [1.165, 1.54) is 18.3 Å². The number of hydrogen-bond acceptors (Lipinski definition) is 7. The quantitative estimate of drug-likeness (QED) is 0.449. The second kappa shape index (κ2) is 9.35. The van der Waals surface area contributed by atoms with E-state index in [0.29, 0.717) is 11.4 Å². The van der Waals surface area contributed by atoms with Crippen LogP contribution in [0.1, 0.15) is 0 Å². The number of nitrogens with one attached hydrogen (secondary N) is 2. The molecule has 158 valence electrons. The van der Waals surface area contributed by atoms with E-state index in [9.17, 15) is 17.6 Å². The van der Waals surface area contributed by atoms with Gasteiger partial charge in [0.15, 0.2) is 0 Å². The summed E-state index contributed by atoms with van der Waals surface area (Å²) in [6.45, 7) is 0.112. The number of alkyl halides is 4. The van der Waals surface area contributed by atoms with Crippen molar-refractivity contribution in [3.8, 4) is 16.9 Å². The smallest absolute Gasteiger partial charge is 0.428 e. The normalized spacial score (nSPS) is 11.4. The zero-order valence-corrected chi connectivity index (χ0v) is 15.4. The van der Waals surface area contributed by atoms with Crippen molar-refractivity contribution in [1.82, 2.24) is 15.0 Å². The maximum Gasteiger partial charge on any atom is 0.461 e. The zero-order valence-electron chi connectivity index (χ0n) is 15.4. The van der Waals surface area contributed by atoms with E-state index in [4.69, 9.17) is 5.11 Å². The molecule has 0 aliphatic rings. The first-order chi connectivity index (χ1) is 14.4. The number of pyridine rings is 1. The number of rotatable bonds is 9. The van der Waals surface area contributed by atoms with Crippen LogP contribution in [0.4, 0.5) is 35.0 Å². The first-order valence-corrected chi connectivity index (χ1v) is 8.73. The van der Waals surface area contributed by atoms with Crippen LogP contribution in [0.3, 0.4) is 0 Å². The Balaban J connectivity index is 1.84. The third kappa shape index (κ3) is 5.32. The molecule has 0 aliphatic carbocycles. The van der Waals surface area contributed by atoms with Gasteiger partial charge in [0.05, 0.1) is 6.61 Å². The van der Waals surface area contributed by atoms with Crippen molar-refractivity contribution >= 4 is 17.5 Å². The molecule has 0 unspecified atom stereocenters. The molecule has 0 saturated heterocycles. The van der Waals surface area contributed by atoms with Crippen molar-refractivity contribution in [2.45, 2.75) is 12.5 Å². The van der Waals surface area contributed by atoms with Gasteiger partial charge in [0.25, 0.3) is 0 Å². The van der Waals surface area contributed by atoms with E-state index in [1.54, 1.807) is 24.5 Å². The summed E-state index contributed by atoms with van der Waals surface area (Å²) in [5.74, 6) is 0.0905. The first kappa shape index (κ1) is 21.2. The van der Waals surface area contributed by atoms with Crippen LogP contribution < -0.4 is 15.4 Å². The van der Waals surface area contributed by atoms with Crippen molar-refractivity contribution in [1.29, 1.82) is 0 Å². The minimum absolute atomic E-state index is 0.117. The van der Waals surface area contributed by atoms with Crippen LogP contribution in [0.5, 0.6) is 5.75 Å². The molecular formula is C19H17F4N5O2. The van der Waals surface area contributed by atoms with Gasteiger partial charge in [0.2, 0.25) is 5.95 Å². The number of aliphatic hydroxyl groups is 1. The Bertz CT molecular complexity index is 976. The van der Waals surface area contributed by atoms with Crippen molar-refractivity contribution in [3.63, 3.8) is 0 Å². The monoisotopic (exact) mass is 423 g/mol. The van der Waals surface area contributed by atoms with Crippen LogP contribution in [0, 0.1) is 0 Å². The largest absolute Gasteiger partial charge is 0.461 e. The van der Waals surface area contributed by atoms with Crippen molar-refractivity contribution in [2.75, 3.05) is 23.8 Å². The van der Waals surface area contributed by atoms with E-state index in [-0.39, 0.29) is 24.8 Å². The molecule has 0 atom stereocenters. The highest BCUT2D eigenvalue weighted by Crippen LogP contribution is 2.30. The summed E-state index contributed by atoms with van der Waals surface area (Å²) >= 11 is 0. The Labute approximate surface area is 168 Å². The maximum absolute atomic E-state index is 13.1. The average Bonchev–Trinajstić information content (AvgIpc) is 2.73. The molecule has 0 spiro atoms. The Hall–Kier alpha value is -3.47. The van der Waals surface area contributed by atoms with Crippen LogP contribution >= 0.6 is 0 Å². The van der Waals surface area contributed by atoms with E-state index >= 15 is 0 Å². The third-order valence-corrected chi connectivity index (χ3v) is 3.78. The molecule has 1 aromatic carbocycles. The minimum atomic E-state index is -4.61. The van der Waals surface area contributed by atoms with Crippen LogP contribution in [0.15, 0.2) is 55.0 Å². The predicted octanol–water partition coefficient (Wildman–Crippen LogP) is 3.92. The van der Waals surface area contributed by atoms with Gasteiger partial charge in [-0.2, -0.15) is 22.5 Å². The molecule has 0 saturated carbocycles. The van der Waals surface area contributed by atoms with Crippen molar-refractivity contribution < 1.29 is 27.4 Å². The number of ether oxygens (including phenoxy) is 1. The zero-order chi connectivity index (χ0) is 21.6. The average molecular weight is 423 g/mol. The fraction of sp³-hybridized carbons (Fsp3) is 0.211. The molecule has 11 heteroatoms. The molecule has 3 rings (SSSR count). The molecule has 30 heavy (non-hydrogen) atoms. The highest BCUT2D eigenvalue weighted by atomic mass is 19.3. The molecule has 0 radical (unpaired) electrons. The summed E-state index contributed by atoms with van der Waals surface area (Å²) in [4.78, 5) is 12.5. The van der Waals surface area contributed by atoms with Gasteiger partial charge in [-0.3, -0.25) is 4.98 Å². The molecule has 0 amide bonds. The van der Waals surface area contributed by atoms with Gasteiger partial charge in [0, 0.05) is 42.5 Å². The van der Waals surface area contributed by atoms with Gasteiger partial charge in [-0.1, -0.05) is 6.07 Å². The Morgan fingerprint density at radius 1 is 1.13 bits per heavy atom. The fourth-order valence-corrected chi connectivity index (χ4v) is 2.46. The molecule has 3 aromatic rings. The van der Waals surface area contributed by atoms with Crippen molar-refractivity contribution in [3.05, 3.63) is 55.0 Å². The summed E-state index contributed by atoms with van der Waals surface area (Å²) in [7, 11) is 0. The lowest BCUT2D eigenvalue weighted by Crippen LogP contribution is -2.33. The Morgan fingerprint density at radius 3 is 2.60 bits per heavy atom. The Kier molecular flexibility index (Phi) is 6.62. The molecule has 2 aromatic heterocycles. The molecule has 3 N–H and O–H groups in total. The number of halogens is 4. The van der Waals surface area contributed by atoms with Gasteiger partial charge < -0.3 is 20.5 Å². The fourth-order valence-electron chi connectivity index (χ4n) is 2.46. The lowest BCUT2D eigenvalue weighted by atomic mass is 10.1. The van der Waals surface area contributed by atoms with Gasteiger partial charge in [-0.15, -0.1) is 0 Å². The summed E-state index contributed by atoms with van der Waals surface area (Å²) in [6, 6.07) is 8.64. The molecule has 2 heterocycles. The number of aromatic nitrogens is 3. The summed E-state index contributed by atoms with van der Waals surface area (Å²) in [5, 5.41) is 14.9. The van der Waals surface area contributed by atoms with Gasteiger partial charge in [-0.05, 0) is 29.8 Å². The lowest BCUT2D eigenvalue weighted by Gasteiger charge is -2.17. The number of hydrogen-bond donors (Lipinski definition) is 3. The number of anilines is 3. The molecular weight excluding hydrogens is 406 g/mol. The second-order valence-corrected chi connectivity index (χ2v) is 5.96. The standard InChI is InChI=1S/C19H17F4N5O2/c20-17(21)19(22,23)30-14-3-1-2-13(10-14)27-18-26-11-15(12-4-6-24-7-5-12)16(28-18)25-8-9-29/h1-7,10-11,17,29H,8-9H2,(H2,25,26,27,28). The van der Waals surface area contributed by atoms with Crippen LogP contribution in [0.2, 0.25) is 0 Å². The van der Waals surface area contributed by atoms with Gasteiger partial charge >= 0.3 is 12.5 Å². The Morgan fingerprint density at radius 2 is 1.90 bits per heavy atom. The molecule has 0 fully saturated rings. The van der Waals surface area contributed by atoms with E-state index in [0.717, 1.165) is 17.7 Å². The first-order valence-electron chi connectivity index (χ1n) is 8.73. The van der Waals surface area contributed by atoms with Gasteiger partial charge in [0.1, 0.15) is 11.6 Å². The molecule has 0 bridgehead atoms. The number of benzene rings is 1. The van der Waals surface area contributed by atoms with Crippen LogP contribution in [-0.4, -0.2) is 45.7 Å². The minimum Gasteiger partial charge on any atom is -0.428 e. The topological polar surface area (TPSA) is 92.2 Å². The van der Waals surface area contributed by atoms with Crippen LogP contribution in [-0.2, 0) is 0 Å². The summed E-state index contributed by atoms with van der Waals surface area (Å²) in [5.41, 5.74) is 1.70. The summed E-state index contributed by atoms with van der Waals surface area (Å²) in [6.07, 6.45) is -3.81. The lowest BCUT2D eigenvalue weighted by molar-refractivity contribution is -0.253. The third-order valence-electron chi connectivity index (χ3n) is 3.78. The van der Waals surface area contributed by atoms with Crippen LogP contribution in [0.25, 0.3) is 11.1 Å². The highest BCUT2D eigenvalue weighted by molar-refractivity contribution is 5.75. The van der Waals surface area contributed by atoms with E-state index in [1.807, 2.05) is 0 Å². The number of nitrogens with zero attached hydrogens (tertiary/aromatic N) is 3. The second-order valence-electron chi connectivity index (χ2n) is 5.96. The number of aliphatic hydroxyl groups excluding tert-OH is 1. The molecule has 0 aliphatic heterocycles. The van der Waals surface area contributed by atoms with Crippen molar-refractivity contribution in [2.24, 2.45) is 0 Å². The van der Waals surface area contributed by atoms with E-state index in [2.05, 4.69) is 30.3 Å².